The summed E-state index contributed by atoms with van der Waals surface area (Å²) in [6.07, 6.45) is 4.67. The molecule has 2 heterocycles. The van der Waals surface area contributed by atoms with E-state index in [0.717, 1.165) is 42.3 Å². The normalized spacial score (nSPS) is 19.8. The lowest BCUT2D eigenvalue weighted by molar-refractivity contribution is 0.0162. The number of nitrogens with zero attached hydrogens (tertiary/aromatic N) is 1. The van der Waals surface area contributed by atoms with Gasteiger partial charge >= 0.3 is 0 Å². The Morgan fingerprint density at radius 1 is 1.22 bits per heavy atom. The van der Waals surface area contributed by atoms with E-state index >= 15 is 0 Å². The molecule has 32 heavy (non-hydrogen) atoms. The number of thiophene rings is 1. The predicted molar refractivity (Wildman–Crippen MR) is 127 cm³/mol. The minimum atomic E-state index is 0.0242. The molecule has 0 bridgehead atoms. The summed E-state index contributed by atoms with van der Waals surface area (Å²) >= 11 is 1.67. The molecule has 1 saturated heterocycles. The Morgan fingerprint density at radius 2 is 2.00 bits per heavy atom. The number of methoxy groups -OCH3 is 2. The van der Waals surface area contributed by atoms with E-state index in [4.69, 9.17) is 14.2 Å². The molecule has 6 nitrogen and oxygen atoms in total. The van der Waals surface area contributed by atoms with Crippen molar-refractivity contribution >= 4 is 17.2 Å². The van der Waals surface area contributed by atoms with Crippen LogP contribution in [0.1, 0.15) is 51.5 Å². The fraction of sp³-hybridized carbons (Fsp3) is 0.560. The second-order valence-corrected chi connectivity index (χ2v) is 9.70. The molecule has 0 radical (unpaired) electrons. The number of rotatable bonds is 8. The molecule has 2 aromatic rings. The van der Waals surface area contributed by atoms with Crippen LogP contribution in [0.2, 0.25) is 0 Å². The topological polar surface area (TPSA) is 60.0 Å². The Kier molecular flexibility index (Phi) is 7.71. The van der Waals surface area contributed by atoms with Crippen molar-refractivity contribution in [3.05, 3.63) is 45.1 Å². The lowest BCUT2D eigenvalue weighted by atomic mass is 9.87. The second kappa shape index (κ2) is 10.7. The highest BCUT2D eigenvalue weighted by Gasteiger charge is 2.26. The minimum Gasteiger partial charge on any atom is -0.493 e. The van der Waals surface area contributed by atoms with Gasteiger partial charge in [0.15, 0.2) is 11.5 Å². The Morgan fingerprint density at radius 3 is 2.72 bits per heavy atom. The number of benzene rings is 1. The van der Waals surface area contributed by atoms with Crippen molar-refractivity contribution in [2.75, 3.05) is 47.1 Å². The van der Waals surface area contributed by atoms with E-state index in [1.807, 2.05) is 12.1 Å². The largest absolute Gasteiger partial charge is 0.493 e. The molecule has 1 amide bonds. The van der Waals surface area contributed by atoms with Crippen molar-refractivity contribution in [2.45, 2.75) is 38.6 Å². The zero-order chi connectivity index (χ0) is 22.5. The van der Waals surface area contributed by atoms with Gasteiger partial charge in [-0.1, -0.05) is 19.4 Å². The molecule has 1 aromatic carbocycles. The van der Waals surface area contributed by atoms with E-state index in [0.29, 0.717) is 31.3 Å². The van der Waals surface area contributed by atoms with Crippen molar-refractivity contribution < 1.29 is 19.0 Å². The Balaban J connectivity index is 1.49. The minimum absolute atomic E-state index is 0.0242. The van der Waals surface area contributed by atoms with Gasteiger partial charge in [0.05, 0.1) is 38.4 Å². The molecular formula is C25H34N2O4S. The molecular weight excluding hydrogens is 424 g/mol. The van der Waals surface area contributed by atoms with E-state index < -0.39 is 0 Å². The first-order valence-corrected chi connectivity index (χ1v) is 12.4. The molecule has 2 aliphatic rings. The first-order valence-electron chi connectivity index (χ1n) is 11.6. The van der Waals surface area contributed by atoms with E-state index in [1.165, 1.54) is 23.3 Å². The third kappa shape index (κ3) is 5.11. The van der Waals surface area contributed by atoms with Gasteiger partial charge in [0.2, 0.25) is 0 Å². The summed E-state index contributed by atoms with van der Waals surface area (Å²) in [6.45, 7) is 5.87. The predicted octanol–water partition coefficient (Wildman–Crippen LogP) is 4.08. The smallest absolute Gasteiger partial charge is 0.261 e. The van der Waals surface area contributed by atoms with Crippen molar-refractivity contribution in [2.24, 2.45) is 5.92 Å². The molecule has 0 saturated carbocycles. The third-order valence-corrected chi connectivity index (χ3v) is 7.96. The zero-order valence-electron chi connectivity index (χ0n) is 19.3. The van der Waals surface area contributed by atoms with Crippen LogP contribution in [0.5, 0.6) is 11.5 Å². The highest BCUT2D eigenvalue weighted by atomic mass is 32.1. The summed E-state index contributed by atoms with van der Waals surface area (Å²) in [5.41, 5.74) is 2.48. The maximum atomic E-state index is 13.1. The van der Waals surface area contributed by atoms with Gasteiger partial charge in [-0.15, -0.1) is 11.3 Å². The highest BCUT2D eigenvalue weighted by Crippen LogP contribution is 2.34. The first-order chi connectivity index (χ1) is 15.6. The number of carbonyl (C=O) groups excluding carboxylic acids is 1. The van der Waals surface area contributed by atoms with Crippen LogP contribution < -0.4 is 14.8 Å². The molecule has 2 unspecified atom stereocenters. The van der Waals surface area contributed by atoms with Crippen LogP contribution in [0, 0.1) is 5.92 Å². The monoisotopic (exact) mass is 458 g/mol. The summed E-state index contributed by atoms with van der Waals surface area (Å²) in [5.74, 6) is 2.18. The fourth-order valence-corrected chi connectivity index (χ4v) is 5.87. The van der Waals surface area contributed by atoms with E-state index in [2.05, 4.69) is 29.3 Å². The maximum Gasteiger partial charge on any atom is 0.261 e. The number of nitrogens with one attached hydrogen (secondary N) is 1. The Labute approximate surface area is 194 Å². The van der Waals surface area contributed by atoms with E-state index in [-0.39, 0.29) is 11.9 Å². The second-order valence-electron chi connectivity index (χ2n) is 8.56. The molecule has 0 spiro atoms. The molecule has 1 N–H and O–H groups in total. The molecule has 1 fully saturated rings. The molecule has 7 heteroatoms. The number of hydrogen-bond donors (Lipinski definition) is 1. The average Bonchev–Trinajstić information content (AvgIpc) is 3.28. The Bertz CT molecular complexity index is 923. The Hall–Kier alpha value is -2.09. The van der Waals surface area contributed by atoms with Crippen LogP contribution in [0.3, 0.4) is 0 Å². The van der Waals surface area contributed by atoms with Crippen LogP contribution in [0.15, 0.2) is 24.3 Å². The van der Waals surface area contributed by atoms with E-state index in [9.17, 15) is 4.79 Å². The number of carbonyl (C=O) groups is 1. The van der Waals surface area contributed by atoms with Crippen LogP contribution in [-0.2, 0) is 17.6 Å². The number of aryl methyl sites for hydroxylation is 1. The number of amides is 1. The quantitative estimate of drug-likeness (QED) is 0.646. The van der Waals surface area contributed by atoms with Crippen LogP contribution >= 0.6 is 11.3 Å². The van der Waals surface area contributed by atoms with Gasteiger partial charge < -0.3 is 19.5 Å². The summed E-state index contributed by atoms with van der Waals surface area (Å²) in [4.78, 5) is 17.7. The van der Waals surface area contributed by atoms with E-state index in [1.54, 1.807) is 25.6 Å². The molecule has 2 atom stereocenters. The highest BCUT2D eigenvalue weighted by molar-refractivity contribution is 7.14. The fourth-order valence-electron chi connectivity index (χ4n) is 4.74. The van der Waals surface area contributed by atoms with Crippen LogP contribution in [0.25, 0.3) is 0 Å². The lowest BCUT2D eigenvalue weighted by Gasteiger charge is -2.35. The van der Waals surface area contributed by atoms with Crippen LogP contribution in [0.4, 0.5) is 0 Å². The van der Waals surface area contributed by atoms with Crippen molar-refractivity contribution in [1.29, 1.82) is 0 Å². The average molecular weight is 459 g/mol. The molecule has 4 rings (SSSR count). The number of fused-ring (bicyclic) bond motifs is 1. The summed E-state index contributed by atoms with van der Waals surface area (Å²) in [6, 6.07) is 8.17. The molecule has 1 aliphatic carbocycles. The SMILES string of the molecule is CCC1CCc2sc(C(=O)NCC(c3ccc(OC)c(OC)c3)N3CCOCC3)cc2C1. The van der Waals surface area contributed by atoms with Gasteiger partial charge in [0.1, 0.15) is 0 Å². The van der Waals surface area contributed by atoms with Gasteiger partial charge in [-0.25, -0.2) is 0 Å². The number of hydrogen-bond acceptors (Lipinski definition) is 6. The van der Waals surface area contributed by atoms with Crippen molar-refractivity contribution in [1.82, 2.24) is 10.2 Å². The van der Waals surface area contributed by atoms with Gasteiger partial charge in [-0.2, -0.15) is 0 Å². The standard InChI is InChI=1S/C25H34N2O4S/c1-4-17-5-8-23-19(13-17)15-24(32-23)25(28)26-16-20(27-9-11-31-12-10-27)18-6-7-21(29-2)22(14-18)30-3/h6-7,14-15,17,20H,4-5,8-13,16H2,1-3H3,(H,26,28). The lowest BCUT2D eigenvalue weighted by Crippen LogP contribution is -2.43. The van der Waals surface area contributed by atoms with Gasteiger partial charge in [0, 0.05) is 24.5 Å². The van der Waals surface area contributed by atoms with Gasteiger partial charge in [-0.05, 0) is 54.5 Å². The summed E-state index contributed by atoms with van der Waals surface area (Å²) in [7, 11) is 3.29. The van der Waals surface area contributed by atoms with Gasteiger partial charge in [0.25, 0.3) is 5.91 Å². The number of ether oxygens (including phenoxy) is 3. The third-order valence-electron chi connectivity index (χ3n) is 6.72. The van der Waals surface area contributed by atoms with Gasteiger partial charge in [-0.3, -0.25) is 9.69 Å². The summed E-state index contributed by atoms with van der Waals surface area (Å²) < 4.78 is 16.5. The van der Waals surface area contributed by atoms with Crippen molar-refractivity contribution in [3.8, 4) is 11.5 Å². The molecule has 1 aromatic heterocycles. The first kappa shape index (κ1) is 23.1. The zero-order valence-corrected chi connectivity index (χ0v) is 20.1. The maximum absolute atomic E-state index is 13.1. The molecule has 174 valence electrons. The number of morpholine rings is 1. The molecule has 1 aliphatic heterocycles. The van der Waals surface area contributed by atoms with Crippen LogP contribution in [-0.4, -0.2) is 57.9 Å². The van der Waals surface area contributed by atoms with Crippen molar-refractivity contribution in [3.63, 3.8) is 0 Å². The summed E-state index contributed by atoms with van der Waals surface area (Å²) in [5, 5.41) is 3.21.